The summed E-state index contributed by atoms with van der Waals surface area (Å²) in [6, 6.07) is 0.646. The Balaban J connectivity index is 2.06. The van der Waals surface area contributed by atoms with Gasteiger partial charge in [-0.05, 0) is 32.7 Å². The minimum absolute atomic E-state index is 0.0497. The van der Waals surface area contributed by atoms with E-state index in [1.807, 2.05) is 0 Å². The monoisotopic (exact) mass is 310 g/mol. The number of thiazole rings is 1. The maximum absolute atomic E-state index is 11.0. The van der Waals surface area contributed by atoms with Gasteiger partial charge in [0.25, 0.3) is 0 Å². The lowest BCUT2D eigenvalue weighted by atomic mass is 9.94. The maximum atomic E-state index is 11.0. The van der Waals surface area contributed by atoms with Crippen LogP contribution in [0.3, 0.4) is 0 Å². The van der Waals surface area contributed by atoms with Gasteiger partial charge >= 0.3 is 5.97 Å². The zero-order valence-electron chi connectivity index (χ0n) is 13.1. The highest BCUT2D eigenvalue weighted by atomic mass is 32.1. The molecule has 0 atom stereocenters. The van der Waals surface area contributed by atoms with Crippen LogP contribution in [-0.4, -0.2) is 34.0 Å². The molecule has 1 aromatic rings. The van der Waals surface area contributed by atoms with Gasteiger partial charge in [0.05, 0.1) is 17.1 Å². The second kappa shape index (κ2) is 7.90. The predicted molar refractivity (Wildman–Crippen MR) is 85.8 cm³/mol. The summed E-state index contributed by atoms with van der Waals surface area (Å²) in [5.74, 6) is -0.787. The first-order valence-electron chi connectivity index (χ1n) is 7.99. The number of rotatable bonds is 7. The molecule has 0 spiro atoms. The predicted octanol–water partition coefficient (Wildman–Crippen LogP) is 3.49. The van der Waals surface area contributed by atoms with Crippen LogP contribution in [0, 0.1) is 0 Å². The molecule has 1 fully saturated rings. The van der Waals surface area contributed by atoms with Gasteiger partial charge in [-0.15, -0.1) is 11.3 Å². The Kier molecular flexibility index (Phi) is 6.18. The molecule has 0 unspecified atom stereocenters. The molecule has 1 saturated carbocycles. The van der Waals surface area contributed by atoms with Crippen LogP contribution in [0.15, 0.2) is 0 Å². The summed E-state index contributed by atoms with van der Waals surface area (Å²) in [5.41, 5.74) is 0.776. The van der Waals surface area contributed by atoms with Gasteiger partial charge in [0, 0.05) is 17.5 Å². The molecule has 0 radical (unpaired) electrons. The van der Waals surface area contributed by atoms with Gasteiger partial charge in [0.1, 0.15) is 0 Å². The summed E-state index contributed by atoms with van der Waals surface area (Å²) >= 11 is 1.70. The van der Waals surface area contributed by atoms with Crippen LogP contribution in [0.1, 0.15) is 61.0 Å². The van der Waals surface area contributed by atoms with Crippen LogP contribution < -0.4 is 0 Å². The normalized spacial score (nSPS) is 16.5. The van der Waals surface area contributed by atoms with Crippen molar-refractivity contribution in [3.63, 3.8) is 0 Å². The molecular weight excluding hydrogens is 284 g/mol. The third-order valence-corrected chi connectivity index (χ3v) is 5.34. The molecule has 0 aliphatic heterocycles. The second-order valence-electron chi connectivity index (χ2n) is 6.00. The molecule has 1 aliphatic rings. The molecule has 118 valence electrons. The molecule has 0 amide bonds. The van der Waals surface area contributed by atoms with Crippen molar-refractivity contribution in [2.75, 3.05) is 7.05 Å². The van der Waals surface area contributed by atoms with E-state index in [1.165, 1.54) is 32.1 Å². The third-order valence-electron chi connectivity index (χ3n) is 4.20. The smallest absolute Gasteiger partial charge is 0.309 e. The van der Waals surface area contributed by atoms with Gasteiger partial charge in [-0.25, -0.2) is 4.98 Å². The molecular formula is C16H26N2O2S. The summed E-state index contributed by atoms with van der Waals surface area (Å²) < 4.78 is 0. The van der Waals surface area contributed by atoms with E-state index in [1.54, 1.807) is 11.3 Å². The highest BCUT2D eigenvalue weighted by Crippen LogP contribution is 2.26. The van der Waals surface area contributed by atoms with E-state index in [9.17, 15) is 4.79 Å². The molecule has 1 aromatic heterocycles. The summed E-state index contributed by atoms with van der Waals surface area (Å²) in [4.78, 5) is 19.1. The lowest BCUT2D eigenvalue weighted by Gasteiger charge is -2.30. The molecule has 1 N–H and O–H groups in total. The van der Waals surface area contributed by atoms with Gasteiger partial charge in [0.15, 0.2) is 0 Å². The Hall–Kier alpha value is -0.940. The van der Waals surface area contributed by atoms with E-state index in [0.29, 0.717) is 6.04 Å². The summed E-state index contributed by atoms with van der Waals surface area (Å²) in [5, 5.41) is 10.1. The van der Waals surface area contributed by atoms with E-state index < -0.39 is 5.97 Å². The largest absolute Gasteiger partial charge is 0.481 e. The van der Waals surface area contributed by atoms with E-state index in [-0.39, 0.29) is 6.42 Å². The molecule has 4 nitrogen and oxygen atoms in total. The van der Waals surface area contributed by atoms with Crippen molar-refractivity contribution < 1.29 is 9.90 Å². The minimum Gasteiger partial charge on any atom is -0.481 e. The van der Waals surface area contributed by atoms with E-state index in [4.69, 9.17) is 5.11 Å². The standard InChI is InChI=1S/C16H26N2O2S/c1-3-7-15-17-13(10-16(19)20)14(21-15)11-18(2)12-8-5-4-6-9-12/h12H,3-11H2,1-2H3,(H,19,20). The van der Waals surface area contributed by atoms with E-state index in [2.05, 4.69) is 23.9 Å². The van der Waals surface area contributed by atoms with Crippen LogP contribution in [0.5, 0.6) is 0 Å². The average Bonchev–Trinajstić information content (AvgIpc) is 2.81. The zero-order valence-corrected chi connectivity index (χ0v) is 13.9. The molecule has 5 heteroatoms. The van der Waals surface area contributed by atoms with E-state index >= 15 is 0 Å². The maximum Gasteiger partial charge on any atom is 0.309 e. The highest BCUT2D eigenvalue weighted by Gasteiger charge is 2.21. The first kappa shape index (κ1) is 16.4. The van der Waals surface area contributed by atoms with Gasteiger partial charge < -0.3 is 5.11 Å². The molecule has 0 aromatic carbocycles. The fourth-order valence-electron chi connectivity index (χ4n) is 3.04. The lowest BCUT2D eigenvalue weighted by molar-refractivity contribution is -0.136. The van der Waals surface area contributed by atoms with Crippen molar-refractivity contribution in [1.82, 2.24) is 9.88 Å². The summed E-state index contributed by atoms with van der Waals surface area (Å²) in [6.07, 6.45) is 8.59. The van der Waals surface area contributed by atoms with E-state index in [0.717, 1.165) is 35.0 Å². The van der Waals surface area contributed by atoms with Gasteiger partial charge in [-0.1, -0.05) is 26.2 Å². The van der Waals surface area contributed by atoms with Crippen LogP contribution >= 0.6 is 11.3 Å². The fourth-order valence-corrected chi connectivity index (χ4v) is 4.29. The Labute approximate surface area is 131 Å². The van der Waals surface area contributed by atoms with Gasteiger partial charge in [-0.2, -0.15) is 0 Å². The number of aromatic nitrogens is 1. The number of carboxylic acids is 1. The van der Waals surface area contributed by atoms with Gasteiger partial charge in [0.2, 0.25) is 0 Å². The number of carboxylic acid groups (broad SMARTS) is 1. The Morgan fingerprint density at radius 3 is 2.71 bits per heavy atom. The quantitative estimate of drug-likeness (QED) is 0.837. The fraction of sp³-hybridized carbons (Fsp3) is 0.750. The molecule has 1 aliphatic carbocycles. The van der Waals surface area contributed by atoms with Crippen molar-refractivity contribution in [3.05, 3.63) is 15.6 Å². The third kappa shape index (κ3) is 4.78. The minimum atomic E-state index is -0.787. The van der Waals surface area contributed by atoms with Crippen molar-refractivity contribution in [3.8, 4) is 0 Å². The Morgan fingerprint density at radius 2 is 2.10 bits per heavy atom. The second-order valence-corrected chi connectivity index (χ2v) is 7.17. The van der Waals surface area contributed by atoms with Gasteiger partial charge in [-0.3, -0.25) is 9.69 Å². The number of aryl methyl sites for hydroxylation is 1. The summed E-state index contributed by atoms with van der Waals surface area (Å²) in [6.45, 7) is 2.97. The first-order chi connectivity index (χ1) is 10.1. The average molecular weight is 310 g/mol. The first-order valence-corrected chi connectivity index (χ1v) is 8.81. The van der Waals surface area contributed by atoms with Crippen LogP contribution in [0.2, 0.25) is 0 Å². The number of carbonyl (C=O) groups is 1. The molecule has 1 heterocycles. The van der Waals surface area contributed by atoms with Crippen LogP contribution in [0.25, 0.3) is 0 Å². The SMILES string of the molecule is CCCc1nc(CC(=O)O)c(CN(C)C2CCCCC2)s1. The van der Waals surface area contributed by atoms with Crippen molar-refractivity contribution >= 4 is 17.3 Å². The van der Waals surface area contributed by atoms with Crippen molar-refractivity contribution in [2.45, 2.75) is 70.9 Å². The van der Waals surface area contributed by atoms with Crippen molar-refractivity contribution in [2.24, 2.45) is 0 Å². The number of aliphatic carboxylic acids is 1. The highest BCUT2D eigenvalue weighted by molar-refractivity contribution is 7.11. The lowest BCUT2D eigenvalue weighted by Crippen LogP contribution is -2.32. The number of nitrogens with zero attached hydrogens (tertiary/aromatic N) is 2. The zero-order chi connectivity index (χ0) is 15.2. The number of hydrogen-bond acceptors (Lipinski definition) is 4. The Morgan fingerprint density at radius 1 is 1.38 bits per heavy atom. The molecule has 2 rings (SSSR count). The summed E-state index contributed by atoms with van der Waals surface area (Å²) in [7, 11) is 2.17. The van der Waals surface area contributed by atoms with Crippen LogP contribution in [0.4, 0.5) is 0 Å². The topological polar surface area (TPSA) is 53.4 Å². The molecule has 21 heavy (non-hydrogen) atoms. The molecule has 0 bridgehead atoms. The Bertz CT molecular complexity index is 467. The van der Waals surface area contributed by atoms with Crippen molar-refractivity contribution in [1.29, 1.82) is 0 Å². The van der Waals surface area contributed by atoms with Crippen LogP contribution in [-0.2, 0) is 24.2 Å². The number of hydrogen-bond donors (Lipinski definition) is 1. The molecule has 0 saturated heterocycles.